The van der Waals surface area contributed by atoms with Crippen LogP contribution in [0.1, 0.15) is 62.7 Å². The molecule has 1 aromatic carbocycles. The Balaban J connectivity index is 2.13. The summed E-state index contributed by atoms with van der Waals surface area (Å²) >= 11 is 0. The van der Waals surface area contributed by atoms with E-state index in [4.69, 9.17) is 9.47 Å². The first kappa shape index (κ1) is 17.7. The van der Waals surface area contributed by atoms with Gasteiger partial charge in [-0.25, -0.2) is 0 Å². The lowest BCUT2D eigenvalue weighted by Gasteiger charge is -2.06. The zero-order valence-corrected chi connectivity index (χ0v) is 13.4. The van der Waals surface area contributed by atoms with Gasteiger partial charge in [0.1, 0.15) is 12.4 Å². The van der Waals surface area contributed by atoms with E-state index in [0.717, 1.165) is 12.2 Å². The molecule has 21 heavy (non-hydrogen) atoms. The molecule has 0 bridgehead atoms. The Hall–Kier alpha value is -1.35. The summed E-state index contributed by atoms with van der Waals surface area (Å²) in [6.45, 7) is 5.64. The second-order valence-electron chi connectivity index (χ2n) is 5.20. The van der Waals surface area contributed by atoms with Crippen molar-refractivity contribution in [2.24, 2.45) is 0 Å². The number of unbranched alkanes of at least 4 members (excludes halogenated alkanes) is 5. The predicted octanol–water partition coefficient (Wildman–Crippen LogP) is 4.65. The number of carbonyl (C=O) groups excluding carboxylic acids is 1. The maximum absolute atomic E-state index is 11.9. The van der Waals surface area contributed by atoms with E-state index in [1.165, 1.54) is 32.1 Å². The largest absolute Gasteiger partial charge is 0.494 e. The monoisotopic (exact) mass is 292 g/mol. The highest BCUT2D eigenvalue weighted by Gasteiger charge is 2.06. The quantitative estimate of drug-likeness (QED) is 0.416. The molecule has 0 atom stereocenters. The highest BCUT2D eigenvalue weighted by Crippen LogP contribution is 2.12. The van der Waals surface area contributed by atoms with E-state index in [9.17, 15) is 4.79 Å². The highest BCUT2D eigenvalue weighted by molar-refractivity contribution is 5.97. The Bertz CT molecular complexity index is 384. The van der Waals surface area contributed by atoms with Crippen molar-refractivity contribution in [3.63, 3.8) is 0 Å². The Morgan fingerprint density at radius 1 is 0.952 bits per heavy atom. The molecule has 0 heterocycles. The molecule has 0 unspecified atom stereocenters. The smallest absolute Gasteiger partial charge is 0.188 e. The van der Waals surface area contributed by atoms with Gasteiger partial charge in [-0.3, -0.25) is 4.79 Å². The van der Waals surface area contributed by atoms with Crippen LogP contribution in [0.25, 0.3) is 0 Å². The summed E-state index contributed by atoms with van der Waals surface area (Å²) < 4.78 is 10.8. The van der Waals surface area contributed by atoms with Crippen molar-refractivity contribution in [3.8, 4) is 5.75 Å². The Morgan fingerprint density at radius 3 is 2.29 bits per heavy atom. The van der Waals surface area contributed by atoms with Gasteiger partial charge in [0.2, 0.25) is 0 Å². The van der Waals surface area contributed by atoms with E-state index in [1.54, 1.807) is 12.1 Å². The molecule has 0 aliphatic heterocycles. The normalized spacial score (nSPS) is 10.6. The van der Waals surface area contributed by atoms with Crippen LogP contribution in [0.4, 0.5) is 0 Å². The van der Waals surface area contributed by atoms with Gasteiger partial charge >= 0.3 is 0 Å². The standard InChI is InChI=1S/C18H28O3/c1-3-5-6-7-8-9-14-20-15-18(19)16-10-12-17(13-11-16)21-4-2/h10-13H,3-9,14-15H2,1-2H3. The molecule has 0 spiro atoms. The molecule has 1 rings (SSSR count). The fourth-order valence-corrected chi connectivity index (χ4v) is 2.14. The molecule has 0 N–H and O–H groups in total. The number of rotatable bonds is 12. The SMILES string of the molecule is CCCCCCCCOCC(=O)c1ccc(OCC)cc1. The first-order valence-corrected chi connectivity index (χ1v) is 8.11. The molecule has 0 radical (unpaired) electrons. The fourth-order valence-electron chi connectivity index (χ4n) is 2.14. The number of ketones is 1. The number of hydrogen-bond acceptors (Lipinski definition) is 3. The molecule has 0 amide bonds. The van der Waals surface area contributed by atoms with Gasteiger partial charge in [-0.1, -0.05) is 39.0 Å². The van der Waals surface area contributed by atoms with Crippen LogP contribution in [0, 0.1) is 0 Å². The van der Waals surface area contributed by atoms with Gasteiger partial charge in [-0.15, -0.1) is 0 Å². The van der Waals surface area contributed by atoms with Crippen molar-refractivity contribution in [1.82, 2.24) is 0 Å². The summed E-state index contributed by atoms with van der Waals surface area (Å²) in [5.74, 6) is 0.825. The van der Waals surface area contributed by atoms with Crippen LogP contribution in [0.5, 0.6) is 5.75 Å². The second kappa shape index (κ2) is 11.3. The van der Waals surface area contributed by atoms with Crippen molar-refractivity contribution in [1.29, 1.82) is 0 Å². The summed E-state index contributed by atoms with van der Waals surface area (Å²) in [7, 11) is 0. The van der Waals surface area contributed by atoms with E-state index in [1.807, 2.05) is 19.1 Å². The Kier molecular flexibility index (Phi) is 9.55. The first-order valence-electron chi connectivity index (χ1n) is 8.11. The van der Waals surface area contributed by atoms with Gasteiger partial charge in [0, 0.05) is 12.2 Å². The van der Waals surface area contributed by atoms with Crippen molar-refractivity contribution < 1.29 is 14.3 Å². The van der Waals surface area contributed by atoms with E-state index < -0.39 is 0 Å². The molecular weight excluding hydrogens is 264 g/mol. The molecule has 0 aliphatic rings. The lowest BCUT2D eigenvalue weighted by molar-refractivity contribution is 0.0752. The maximum atomic E-state index is 11.9. The van der Waals surface area contributed by atoms with Crippen molar-refractivity contribution >= 4 is 5.78 Å². The lowest BCUT2D eigenvalue weighted by atomic mass is 10.1. The van der Waals surface area contributed by atoms with E-state index in [-0.39, 0.29) is 12.4 Å². The molecule has 0 fully saturated rings. The van der Waals surface area contributed by atoms with Gasteiger partial charge in [0.25, 0.3) is 0 Å². The molecule has 0 aliphatic carbocycles. The van der Waals surface area contributed by atoms with Crippen LogP contribution >= 0.6 is 0 Å². The summed E-state index contributed by atoms with van der Waals surface area (Å²) in [5, 5.41) is 0. The van der Waals surface area contributed by atoms with Gasteiger partial charge in [0.05, 0.1) is 6.61 Å². The third-order valence-electron chi connectivity index (χ3n) is 3.36. The number of carbonyl (C=O) groups is 1. The summed E-state index contributed by atoms with van der Waals surface area (Å²) in [6, 6.07) is 7.23. The summed E-state index contributed by atoms with van der Waals surface area (Å²) in [5.41, 5.74) is 0.682. The zero-order chi connectivity index (χ0) is 15.3. The molecular formula is C18H28O3. The average Bonchev–Trinajstić information content (AvgIpc) is 2.51. The third kappa shape index (κ3) is 7.86. The molecule has 0 saturated heterocycles. The molecule has 1 aromatic rings. The van der Waals surface area contributed by atoms with Gasteiger partial charge in [-0.05, 0) is 37.6 Å². The van der Waals surface area contributed by atoms with Gasteiger partial charge in [0.15, 0.2) is 5.78 Å². The first-order chi connectivity index (χ1) is 10.3. The Labute approximate surface area is 128 Å². The van der Waals surface area contributed by atoms with Crippen molar-refractivity contribution in [3.05, 3.63) is 29.8 Å². The topological polar surface area (TPSA) is 35.5 Å². The van der Waals surface area contributed by atoms with Crippen molar-refractivity contribution in [2.75, 3.05) is 19.8 Å². The Morgan fingerprint density at radius 2 is 1.62 bits per heavy atom. The minimum Gasteiger partial charge on any atom is -0.494 e. The molecule has 0 aromatic heterocycles. The van der Waals surface area contributed by atoms with Crippen molar-refractivity contribution in [2.45, 2.75) is 52.4 Å². The second-order valence-corrected chi connectivity index (χ2v) is 5.20. The lowest BCUT2D eigenvalue weighted by Crippen LogP contribution is -2.09. The van der Waals surface area contributed by atoms with Crippen LogP contribution < -0.4 is 4.74 Å². The highest BCUT2D eigenvalue weighted by atomic mass is 16.5. The van der Waals surface area contributed by atoms with Gasteiger partial charge < -0.3 is 9.47 Å². The number of hydrogen-bond donors (Lipinski definition) is 0. The summed E-state index contributed by atoms with van der Waals surface area (Å²) in [6.07, 6.45) is 7.40. The van der Waals surface area contributed by atoms with E-state index in [2.05, 4.69) is 6.92 Å². The van der Waals surface area contributed by atoms with Crippen LogP contribution in [0.2, 0.25) is 0 Å². The third-order valence-corrected chi connectivity index (χ3v) is 3.36. The minimum atomic E-state index is 0.0315. The van der Waals surface area contributed by atoms with Crippen LogP contribution in [0.15, 0.2) is 24.3 Å². The maximum Gasteiger partial charge on any atom is 0.188 e. The molecule has 3 heteroatoms. The van der Waals surface area contributed by atoms with E-state index >= 15 is 0 Å². The number of Topliss-reactive ketones (excluding diaryl/α,β-unsaturated/α-hetero) is 1. The van der Waals surface area contributed by atoms with Crippen LogP contribution in [-0.2, 0) is 4.74 Å². The zero-order valence-electron chi connectivity index (χ0n) is 13.4. The number of ether oxygens (including phenoxy) is 2. The minimum absolute atomic E-state index is 0.0315. The molecule has 0 saturated carbocycles. The number of benzene rings is 1. The van der Waals surface area contributed by atoms with Gasteiger partial charge in [-0.2, -0.15) is 0 Å². The predicted molar refractivity (Wildman–Crippen MR) is 86.1 cm³/mol. The summed E-state index contributed by atoms with van der Waals surface area (Å²) in [4.78, 5) is 11.9. The van der Waals surface area contributed by atoms with Crippen LogP contribution in [0.3, 0.4) is 0 Å². The van der Waals surface area contributed by atoms with Crippen LogP contribution in [-0.4, -0.2) is 25.6 Å². The fraction of sp³-hybridized carbons (Fsp3) is 0.611. The van der Waals surface area contributed by atoms with E-state index in [0.29, 0.717) is 18.8 Å². The average molecular weight is 292 g/mol. The molecule has 3 nitrogen and oxygen atoms in total. The molecule has 118 valence electrons.